The molecule has 38 heavy (non-hydrogen) atoms. The molecule has 0 radical (unpaired) electrons. The van der Waals surface area contributed by atoms with Gasteiger partial charge in [-0.15, -0.1) is 0 Å². The van der Waals surface area contributed by atoms with Gasteiger partial charge in [-0.3, -0.25) is 9.98 Å². The van der Waals surface area contributed by atoms with Gasteiger partial charge in [0.15, 0.2) is 17.2 Å². The summed E-state index contributed by atoms with van der Waals surface area (Å²) in [5.74, 6) is -0.0706. The van der Waals surface area contributed by atoms with Gasteiger partial charge in [0, 0.05) is 32.1 Å². The quantitative estimate of drug-likeness (QED) is 0.329. The van der Waals surface area contributed by atoms with E-state index in [4.69, 9.17) is 5.41 Å². The molecule has 1 N–H and O–H groups in total. The van der Waals surface area contributed by atoms with Crippen LogP contribution < -0.4 is 10.4 Å². The standard InChI is InChI=1S/C24H19F5N8O/c1-35-12-17(24(27,28)29)33-19(35)14-7-5-13(6-8-14)11-37-20-16(36(2)23(37)30)10-32-18(34-20)15-4-3-9-31-21(15)38-22(25)26/h3-10,12,22,30H,11H2,1-2H3. The highest BCUT2D eigenvalue weighted by molar-refractivity contribution is 5.74. The smallest absolute Gasteiger partial charge is 0.416 e. The largest absolute Gasteiger partial charge is 0.434 e. The molecule has 5 rings (SSSR count). The Morgan fingerprint density at radius 3 is 2.42 bits per heavy atom. The number of rotatable bonds is 6. The Labute approximate surface area is 211 Å². The van der Waals surface area contributed by atoms with E-state index in [0.29, 0.717) is 16.7 Å². The van der Waals surface area contributed by atoms with Crippen LogP contribution in [0.15, 0.2) is 55.0 Å². The average molecular weight is 530 g/mol. The Hall–Kier alpha value is -4.62. The third kappa shape index (κ3) is 4.60. The van der Waals surface area contributed by atoms with Gasteiger partial charge in [0.1, 0.15) is 11.3 Å². The van der Waals surface area contributed by atoms with E-state index in [0.717, 1.165) is 11.8 Å². The number of halogens is 5. The van der Waals surface area contributed by atoms with E-state index in [2.05, 4.69) is 24.7 Å². The van der Waals surface area contributed by atoms with E-state index in [1.165, 1.54) is 36.1 Å². The van der Waals surface area contributed by atoms with Crippen molar-refractivity contribution in [1.82, 2.24) is 33.6 Å². The normalized spacial score (nSPS) is 12.0. The lowest BCUT2D eigenvalue weighted by molar-refractivity contribution is -0.140. The van der Waals surface area contributed by atoms with Gasteiger partial charge in [-0.05, 0) is 17.7 Å². The lowest BCUT2D eigenvalue weighted by Crippen LogP contribution is -2.23. The van der Waals surface area contributed by atoms with Gasteiger partial charge in [0.25, 0.3) is 0 Å². The topological polar surface area (TPSA) is 99.4 Å². The maximum Gasteiger partial charge on any atom is 0.434 e. The van der Waals surface area contributed by atoms with E-state index in [-0.39, 0.29) is 35.3 Å². The van der Waals surface area contributed by atoms with Crippen LogP contribution in [-0.4, -0.2) is 40.2 Å². The second-order valence-corrected chi connectivity index (χ2v) is 8.36. The van der Waals surface area contributed by atoms with Gasteiger partial charge >= 0.3 is 12.8 Å². The molecule has 0 fully saturated rings. The number of hydrogen-bond acceptors (Lipinski definition) is 6. The van der Waals surface area contributed by atoms with Crippen molar-refractivity contribution in [1.29, 1.82) is 5.41 Å². The summed E-state index contributed by atoms with van der Waals surface area (Å²) in [6, 6.07) is 9.78. The number of nitrogens with zero attached hydrogens (tertiary/aromatic N) is 7. The van der Waals surface area contributed by atoms with Gasteiger partial charge in [0.2, 0.25) is 11.5 Å². The molecule has 0 saturated heterocycles. The number of aromatic nitrogens is 7. The summed E-state index contributed by atoms with van der Waals surface area (Å²) in [5, 5.41) is 8.55. The van der Waals surface area contributed by atoms with Crippen molar-refractivity contribution in [2.75, 3.05) is 0 Å². The lowest BCUT2D eigenvalue weighted by Gasteiger charge is -2.09. The molecule has 5 aromatic rings. The van der Waals surface area contributed by atoms with Crippen LogP contribution in [0.4, 0.5) is 22.0 Å². The summed E-state index contributed by atoms with van der Waals surface area (Å²) < 4.78 is 73.8. The van der Waals surface area contributed by atoms with Crippen molar-refractivity contribution < 1.29 is 26.7 Å². The summed E-state index contributed by atoms with van der Waals surface area (Å²) >= 11 is 0. The zero-order valence-electron chi connectivity index (χ0n) is 19.9. The lowest BCUT2D eigenvalue weighted by atomic mass is 10.1. The summed E-state index contributed by atoms with van der Waals surface area (Å²) in [4.78, 5) is 16.3. The van der Waals surface area contributed by atoms with Crippen molar-refractivity contribution in [3.63, 3.8) is 0 Å². The summed E-state index contributed by atoms with van der Waals surface area (Å²) in [7, 11) is 3.16. The summed E-state index contributed by atoms with van der Waals surface area (Å²) in [6.45, 7) is -2.88. The number of imidazole rings is 2. The number of nitrogens with one attached hydrogen (secondary N) is 1. The molecule has 0 aliphatic rings. The zero-order valence-corrected chi connectivity index (χ0v) is 19.9. The van der Waals surface area contributed by atoms with Crippen LogP contribution in [0.25, 0.3) is 33.9 Å². The van der Waals surface area contributed by atoms with Crippen LogP contribution in [0.2, 0.25) is 0 Å². The Morgan fingerprint density at radius 1 is 1.03 bits per heavy atom. The number of aryl methyl sites for hydroxylation is 2. The minimum atomic E-state index is -4.55. The van der Waals surface area contributed by atoms with Crippen molar-refractivity contribution in [3.05, 3.63) is 71.9 Å². The maximum atomic E-state index is 13.0. The first kappa shape index (κ1) is 25.0. The number of ether oxygens (including phenoxy) is 1. The van der Waals surface area contributed by atoms with Crippen molar-refractivity contribution in [2.24, 2.45) is 14.1 Å². The van der Waals surface area contributed by atoms with Crippen LogP contribution in [0.5, 0.6) is 5.88 Å². The van der Waals surface area contributed by atoms with Crippen molar-refractivity contribution in [3.8, 4) is 28.7 Å². The number of hydrogen-bond donors (Lipinski definition) is 1. The molecule has 0 aliphatic heterocycles. The molecule has 14 heteroatoms. The highest BCUT2D eigenvalue weighted by Crippen LogP contribution is 2.31. The number of benzene rings is 1. The summed E-state index contributed by atoms with van der Waals surface area (Å²) in [6.07, 6.45) is -0.829. The van der Waals surface area contributed by atoms with Crippen LogP contribution in [0, 0.1) is 5.41 Å². The number of pyridine rings is 1. The fourth-order valence-corrected chi connectivity index (χ4v) is 4.03. The summed E-state index contributed by atoms with van der Waals surface area (Å²) in [5.41, 5.74) is 1.43. The molecule has 4 heterocycles. The molecule has 0 amide bonds. The number of fused-ring (bicyclic) bond motifs is 1. The highest BCUT2D eigenvalue weighted by Gasteiger charge is 2.34. The van der Waals surface area contributed by atoms with E-state index < -0.39 is 18.5 Å². The van der Waals surface area contributed by atoms with E-state index in [1.807, 2.05) is 0 Å². The monoisotopic (exact) mass is 530 g/mol. The highest BCUT2D eigenvalue weighted by atomic mass is 19.4. The zero-order chi connectivity index (χ0) is 27.2. The first-order valence-corrected chi connectivity index (χ1v) is 11.1. The minimum Gasteiger partial charge on any atom is -0.416 e. The second kappa shape index (κ2) is 9.36. The second-order valence-electron chi connectivity index (χ2n) is 8.36. The minimum absolute atomic E-state index is 0.0891. The molecule has 0 atom stereocenters. The molecule has 0 spiro atoms. The van der Waals surface area contributed by atoms with Crippen molar-refractivity contribution >= 4 is 11.2 Å². The fourth-order valence-electron chi connectivity index (χ4n) is 4.03. The Morgan fingerprint density at radius 2 is 1.76 bits per heavy atom. The third-order valence-electron chi connectivity index (χ3n) is 5.87. The van der Waals surface area contributed by atoms with E-state index in [1.54, 1.807) is 40.4 Å². The van der Waals surface area contributed by atoms with Crippen LogP contribution in [0.3, 0.4) is 0 Å². The molecule has 1 aromatic carbocycles. The molecule has 9 nitrogen and oxygen atoms in total. The Balaban J connectivity index is 1.50. The molecule has 196 valence electrons. The van der Waals surface area contributed by atoms with Gasteiger partial charge in [-0.2, -0.15) is 22.0 Å². The van der Waals surface area contributed by atoms with Crippen LogP contribution >= 0.6 is 0 Å². The Kier molecular flexibility index (Phi) is 6.17. The van der Waals surface area contributed by atoms with Gasteiger partial charge < -0.3 is 13.9 Å². The molecule has 0 unspecified atom stereocenters. The molecule has 0 bridgehead atoms. The fraction of sp³-hybridized carbons (Fsp3) is 0.208. The van der Waals surface area contributed by atoms with E-state index in [9.17, 15) is 22.0 Å². The van der Waals surface area contributed by atoms with Crippen LogP contribution in [0.1, 0.15) is 11.3 Å². The average Bonchev–Trinajstić information content (AvgIpc) is 3.38. The number of alkyl halides is 5. The SMILES string of the molecule is Cn1cc(C(F)(F)F)nc1-c1ccc(Cn2c(=N)n(C)c3cnc(-c4cccnc4OC(F)F)nc32)cc1. The predicted molar refractivity (Wildman–Crippen MR) is 125 cm³/mol. The molecule has 0 aliphatic carbocycles. The first-order chi connectivity index (χ1) is 18.0. The Bertz CT molecular complexity index is 1690. The van der Waals surface area contributed by atoms with Gasteiger partial charge in [0.05, 0.1) is 18.3 Å². The van der Waals surface area contributed by atoms with Gasteiger partial charge in [-0.25, -0.2) is 19.9 Å². The molecule has 4 aromatic heterocycles. The van der Waals surface area contributed by atoms with Gasteiger partial charge in [-0.1, -0.05) is 24.3 Å². The molecule has 0 saturated carbocycles. The molecular weight excluding hydrogens is 511 g/mol. The predicted octanol–water partition coefficient (Wildman–Crippen LogP) is 4.38. The van der Waals surface area contributed by atoms with E-state index >= 15 is 0 Å². The maximum absolute atomic E-state index is 13.0. The first-order valence-electron chi connectivity index (χ1n) is 11.1. The van der Waals surface area contributed by atoms with Crippen LogP contribution in [-0.2, 0) is 26.8 Å². The van der Waals surface area contributed by atoms with Crippen molar-refractivity contribution in [2.45, 2.75) is 19.3 Å². The third-order valence-corrected chi connectivity index (χ3v) is 5.87. The molecular formula is C24H19F5N8O.